The summed E-state index contributed by atoms with van der Waals surface area (Å²) in [6, 6.07) is 2.51. The number of amides is 1. The maximum absolute atomic E-state index is 13.7. The largest absolute Gasteiger partial charge is 0.342 e. The van der Waals surface area contributed by atoms with Crippen molar-refractivity contribution in [3.63, 3.8) is 0 Å². The van der Waals surface area contributed by atoms with Gasteiger partial charge in [0.2, 0.25) is 0 Å². The molecule has 1 aromatic heterocycles. The van der Waals surface area contributed by atoms with E-state index in [1.807, 2.05) is 13.8 Å². The summed E-state index contributed by atoms with van der Waals surface area (Å²) >= 11 is 0. The smallest absolute Gasteiger partial charge is 0.255 e. The molecule has 0 aliphatic rings. The van der Waals surface area contributed by atoms with Gasteiger partial charge in [0, 0.05) is 38.1 Å². The molecule has 0 radical (unpaired) electrons. The molecule has 1 aromatic carbocycles. The summed E-state index contributed by atoms with van der Waals surface area (Å²) in [4.78, 5) is 22.3. The van der Waals surface area contributed by atoms with Crippen LogP contribution in [-0.2, 0) is 0 Å². The van der Waals surface area contributed by atoms with Gasteiger partial charge in [0.25, 0.3) is 5.91 Å². The highest BCUT2D eigenvalue weighted by atomic mass is 19.1. The Morgan fingerprint density at radius 3 is 2.68 bits per heavy atom. The summed E-state index contributed by atoms with van der Waals surface area (Å²) in [5.74, 6) is -0.422. The lowest BCUT2D eigenvalue weighted by Gasteiger charge is -2.22. The molecule has 2 N–H and O–H groups in total. The second kappa shape index (κ2) is 6.79. The number of nitrogens with zero attached hydrogens (tertiary/aromatic N) is 3. The molecule has 22 heavy (non-hydrogen) atoms. The van der Waals surface area contributed by atoms with Crippen LogP contribution >= 0.6 is 0 Å². The van der Waals surface area contributed by atoms with Crippen molar-refractivity contribution in [1.29, 1.82) is 0 Å². The molecule has 1 unspecified atom stereocenters. The van der Waals surface area contributed by atoms with E-state index in [2.05, 4.69) is 9.97 Å². The van der Waals surface area contributed by atoms with E-state index in [0.29, 0.717) is 29.9 Å². The molecule has 2 rings (SSSR count). The van der Waals surface area contributed by atoms with Crippen molar-refractivity contribution in [2.75, 3.05) is 13.6 Å². The Labute approximate surface area is 129 Å². The van der Waals surface area contributed by atoms with Crippen molar-refractivity contribution >= 4 is 16.9 Å². The molecule has 0 fully saturated rings. The molecule has 118 valence electrons. The lowest BCUT2D eigenvalue weighted by Crippen LogP contribution is -2.34. The van der Waals surface area contributed by atoms with Crippen LogP contribution in [0.3, 0.4) is 0 Å². The van der Waals surface area contributed by atoms with Crippen LogP contribution in [-0.4, -0.2) is 40.4 Å². The van der Waals surface area contributed by atoms with Crippen molar-refractivity contribution in [2.45, 2.75) is 26.3 Å². The van der Waals surface area contributed by atoms with Crippen molar-refractivity contribution in [2.24, 2.45) is 11.7 Å². The van der Waals surface area contributed by atoms with Crippen LogP contribution in [0.15, 0.2) is 24.5 Å². The normalized spacial score (nSPS) is 12.6. The second-order valence-corrected chi connectivity index (χ2v) is 5.80. The first-order chi connectivity index (χ1) is 10.4. The predicted molar refractivity (Wildman–Crippen MR) is 83.9 cm³/mol. The fourth-order valence-corrected chi connectivity index (χ4v) is 2.19. The third-order valence-corrected chi connectivity index (χ3v) is 3.77. The highest BCUT2D eigenvalue weighted by Gasteiger charge is 2.18. The minimum Gasteiger partial charge on any atom is -0.342 e. The average molecular weight is 304 g/mol. The number of hydrogen-bond donors (Lipinski definition) is 1. The fourth-order valence-electron chi connectivity index (χ4n) is 2.19. The molecule has 1 amide bonds. The van der Waals surface area contributed by atoms with Gasteiger partial charge in [-0.15, -0.1) is 0 Å². The molecular weight excluding hydrogens is 283 g/mol. The van der Waals surface area contributed by atoms with Gasteiger partial charge < -0.3 is 10.6 Å². The fraction of sp³-hybridized carbons (Fsp3) is 0.438. The van der Waals surface area contributed by atoms with E-state index in [9.17, 15) is 9.18 Å². The van der Waals surface area contributed by atoms with Gasteiger partial charge in [-0.3, -0.25) is 14.8 Å². The Morgan fingerprint density at radius 2 is 2.00 bits per heavy atom. The van der Waals surface area contributed by atoms with Crippen molar-refractivity contribution in [3.8, 4) is 0 Å². The molecule has 1 heterocycles. The molecule has 0 spiro atoms. The van der Waals surface area contributed by atoms with Crippen molar-refractivity contribution in [1.82, 2.24) is 14.9 Å². The number of aromatic nitrogens is 2. The molecule has 5 nitrogen and oxygen atoms in total. The molecule has 1 atom stereocenters. The highest BCUT2D eigenvalue weighted by molar-refractivity contribution is 6.04. The standard InChI is InChI=1S/C16H21FN4O/c1-10(2)13(18)4-7-21(3)16(22)12-8-11(17)9-14-15(12)20-6-5-19-14/h5-6,8-10,13H,4,7,18H2,1-3H3. The van der Waals surface area contributed by atoms with Crippen molar-refractivity contribution < 1.29 is 9.18 Å². The molecular formula is C16H21FN4O. The van der Waals surface area contributed by atoms with E-state index >= 15 is 0 Å². The Kier molecular flexibility index (Phi) is 5.03. The molecule has 6 heteroatoms. The van der Waals surface area contributed by atoms with Crippen LogP contribution in [0.5, 0.6) is 0 Å². The average Bonchev–Trinajstić information content (AvgIpc) is 2.50. The van der Waals surface area contributed by atoms with Crippen molar-refractivity contribution in [3.05, 3.63) is 35.9 Å². The minimum absolute atomic E-state index is 0.0271. The van der Waals surface area contributed by atoms with E-state index in [4.69, 9.17) is 5.73 Å². The Hall–Kier alpha value is -2.08. The first-order valence-electron chi connectivity index (χ1n) is 7.31. The van der Waals surface area contributed by atoms with Gasteiger partial charge in [-0.25, -0.2) is 4.39 Å². The maximum atomic E-state index is 13.7. The van der Waals surface area contributed by atoms with Gasteiger partial charge in [0.15, 0.2) is 0 Å². The quantitative estimate of drug-likeness (QED) is 0.919. The summed E-state index contributed by atoms with van der Waals surface area (Å²) in [5.41, 5.74) is 7.01. The van der Waals surface area contributed by atoms with Crippen LogP contribution in [0.2, 0.25) is 0 Å². The highest BCUT2D eigenvalue weighted by Crippen LogP contribution is 2.18. The molecule has 0 aliphatic carbocycles. The summed E-state index contributed by atoms with van der Waals surface area (Å²) < 4.78 is 13.7. The summed E-state index contributed by atoms with van der Waals surface area (Å²) in [6.07, 6.45) is 3.66. The van der Waals surface area contributed by atoms with E-state index < -0.39 is 5.82 Å². The van der Waals surface area contributed by atoms with Gasteiger partial charge in [0.05, 0.1) is 11.1 Å². The van der Waals surface area contributed by atoms with E-state index in [1.165, 1.54) is 24.5 Å². The van der Waals surface area contributed by atoms with E-state index in [0.717, 1.165) is 0 Å². The zero-order valence-electron chi connectivity index (χ0n) is 13.1. The Morgan fingerprint density at radius 1 is 1.32 bits per heavy atom. The molecule has 2 aromatic rings. The van der Waals surface area contributed by atoms with Crippen LogP contribution in [0, 0.1) is 11.7 Å². The predicted octanol–water partition coefficient (Wildman–Crippen LogP) is 2.21. The van der Waals surface area contributed by atoms with Gasteiger partial charge >= 0.3 is 0 Å². The molecule has 0 saturated carbocycles. The Bertz CT molecular complexity index is 674. The number of hydrogen-bond acceptors (Lipinski definition) is 4. The molecule has 0 saturated heterocycles. The zero-order chi connectivity index (χ0) is 16.3. The van der Waals surface area contributed by atoms with Crippen LogP contribution in [0.4, 0.5) is 4.39 Å². The Balaban J connectivity index is 2.22. The third-order valence-electron chi connectivity index (χ3n) is 3.77. The maximum Gasteiger partial charge on any atom is 0.255 e. The topological polar surface area (TPSA) is 72.1 Å². The third kappa shape index (κ3) is 3.57. The number of carbonyl (C=O) groups is 1. The molecule has 0 bridgehead atoms. The number of benzene rings is 1. The number of fused-ring (bicyclic) bond motifs is 1. The van der Waals surface area contributed by atoms with E-state index in [-0.39, 0.29) is 17.5 Å². The lowest BCUT2D eigenvalue weighted by atomic mass is 10.0. The van der Waals surface area contributed by atoms with Crippen LogP contribution < -0.4 is 5.73 Å². The first-order valence-corrected chi connectivity index (χ1v) is 7.31. The number of carbonyl (C=O) groups excluding carboxylic acids is 1. The van der Waals surface area contributed by atoms with Gasteiger partial charge in [0.1, 0.15) is 11.3 Å². The van der Waals surface area contributed by atoms with Gasteiger partial charge in [-0.05, 0) is 18.4 Å². The monoisotopic (exact) mass is 304 g/mol. The summed E-state index contributed by atoms with van der Waals surface area (Å²) in [5, 5.41) is 0. The number of halogens is 1. The van der Waals surface area contributed by atoms with Crippen LogP contribution in [0.25, 0.3) is 11.0 Å². The molecule has 0 aliphatic heterocycles. The minimum atomic E-state index is -0.497. The van der Waals surface area contributed by atoms with Gasteiger partial charge in [-0.2, -0.15) is 0 Å². The lowest BCUT2D eigenvalue weighted by molar-refractivity contribution is 0.0790. The second-order valence-electron chi connectivity index (χ2n) is 5.80. The van der Waals surface area contributed by atoms with Gasteiger partial charge in [-0.1, -0.05) is 13.8 Å². The zero-order valence-corrected chi connectivity index (χ0v) is 13.1. The summed E-state index contributed by atoms with van der Waals surface area (Å²) in [7, 11) is 1.68. The summed E-state index contributed by atoms with van der Waals surface area (Å²) in [6.45, 7) is 4.60. The number of nitrogens with two attached hydrogens (primary N) is 1. The SMILES string of the molecule is CC(C)C(N)CCN(C)C(=O)c1cc(F)cc2nccnc12. The van der Waals surface area contributed by atoms with Crippen LogP contribution in [0.1, 0.15) is 30.6 Å². The first kappa shape index (κ1) is 16.3. The number of rotatable bonds is 5. The van der Waals surface area contributed by atoms with E-state index in [1.54, 1.807) is 11.9 Å².